The van der Waals surface area contributed by atoms with Crippen molar-refractivity contribution < 1.29 is 13.9 Å². The third kappa shape index (κ3) is 3.42. The van der Waals surface area contributed by atoms with Crippen molar-refractivity contribution in [2.24, 2.45) is 0 Å². The van der Waals surface area contributed by atoms with Gasteiger partial charge in [-0.25, -0.2) is 9.18 Å². The van der Waals surface area contributed by atoms with E-state index in [0.717, 1.165) is 11.0 Å². The molecule has 24 heavy (non-hydrogen) atoms. The number of halogens is 1. The Balaban J connectivity index is 1.65. The van der Waals surface area contributed by atoms with E-state index in [-0.39, 0.29) is 17.5 Å². The minimum Gasteiger partial charge on any atom is -0.490 e. The van der Waals surface area contributed by atoms with Crippen LogP contribution < -0.4 is 15.2 Å². The molecule has 1 N–H and O–H groups in total. The van der Waals surface area contributed by atoms with Crippen LogP contribution in [0.1, 0.15) is 19.9 Å². The van der Waals surface area contributed by atoms with Gasteiger partial charge in [-0.15, -0.1) is 0 Å². The topological polar surface area (TPSA) is 56.2 Å². The summed E-state index contributed by atoms with van der Waals surface area (Å²) in [6.45, 7) is 4.52. The molecule has 0 unspecified atom stereocenters. The van der Waals surface area contributed by atoms with Crippen LogP contribution in [0.2, 0.25) is 0 Å². The first-order valence-corrected chi connectivity index (χ1v) is 7.80. The number of nitrogens with one attached hydrogen (secondary N) is 1. The molecule has 5 nitrogen and oxygen atoms in total. The highest BCUT2D eigenvalue weighted by Crippen LogP contribution is 2.21. The Bertz CT molecular complexity index is 899. The third-order valence-electron chi connectivity index (χ3n) is 3.62. The Morgan fingerprint density at radius 2 is 1.79 bits per heavy atom. The van der Waals surface area contributed by atoms with Crippen molar-refractivity contribution in [1.82, 2.24) is 9.55 Å². The molecular formula is C18H19FN2O3. The van der Waals surface area contributed by atoms with Crippen LogP contribution in [0.15, 0.2) is 47.3 Å². The fourth-order valence-electron chi connectivity index (χ4n) is 2.58. The molecule has 0 aliphatic rings. The molecule has 0 saturated carbocycles. The second-order valence-corrected chi connectivity index (χ2v) is 5.73. The monoisotopic (exact) mass is 330 g/mol. The summed E-state index contributed by atoms with van der Waals surface area (Å²) in [7, 11) is 0. The smallest absolute Gasteiger partial charge is 0.326 e. The zero-order valence-electron chi connectivity index (χ0n) is 13.6. The lowest BCUT2D eigenvalue weighted by atomic mass is 10.2. The minimum absolute atomic E-state index is 0.0535. The molecule has 0 saturated heterocycles. The van der Waals surface area contributed by atoms with Crippen molar-refractivity contribution in [2.45, 2.75) is 19.9 Å². The van der Waals surface area contributed by atoms with E-state index in [1.807, 2.05) is 26.0 Å². The van der Waals surface area contributed by atoms with Gasteiger partial charge in [-0.3, -0.25) is 4.57 Å². The summed E-state index contributed by atoms with van der Waals surface area (Å²) in [5, 5.41) is 0. The van der Waals surface area contributed by atoms with Crippen molar-refractivity contribution in [3.05, 3.63) is 58.8 Å². The van der Waals surface area contributed by atoms with Gasteiger partial charge in [-0.05, 0) is 38.1 Å². The lowest BCUT2D eigenvalue weighted by Crippen LogP contribution is -2.18. The molecule has 0 aliphatic heterocycles. The first-order valence-electron chi connectivity index (χ1n) is 7.80. The average molecular weight is 330 g/mol. The Morgan fingerprint density at radius 1 is 1.08 bits per heavy atom. The van der Waals surface area contributed by atoms with E-state index in [2.05, 4.69) is 4.98 Å². The molecule has 1 aromatic heterocycles. The molecule has 0 aliphatic carbocycles. The standard InChI is InChI=1S/C18H19FN2O3/c1-12(2)21-17-11-15(6-7-16(17)20-18(21)22)24-9-8-23-14-5-3-4-13(19)10-14/h3-7,10-12H,8-9H2,1-2H3,(H,20,22). The molecule has 0 spiro atoms. The number of rotatable bonds is 6. The van der Waals surface area contributed by atoms with E-state index >= 15 is 0 Å². The fraction of sp³-hybridized carbons (Fsp3) is 0.278. The van der Waals surface area contributed by atoms with Crippen LogP contribution in [-0.4, -0.2) is 22.8 Å². The summed E-state index contributed by atoms with van der Waals surface area (Å²) in [4.78, 5) is 14.8. The number of hydrogen-bond acceptors (Lipinski definition) is 3. The summed E-state index contributed by atoms with van der Waals surface area (Å²) < 4.78 is 25.8. The van der Waals surface area contributed by atoms with Crippen LogP contribution in [0, 0.1) is 5.82 Å². The molecule has 0 amide bonds. The van der Waals surface area contributed by atoms with Gasteiger partial charge in [0.1, 0.15) is 30.5 Å². The summed E-state index contributed by atoms with van der Waals surface area (Å²) in [6, 6.07) is 11.5. The Kier molecular flexibility index (Phi) is 4.55. The van der Waals surface area contributed by atoms with Gasteiger partial charge >= 0.3 is 5.69 Å². The third-order valence-corrected chi connectivity index (χ3v) is 3.62. The van der Waals surface area contributed by atoms with Crippen molar-refractivity contribution in [3.63, 3.8) is 0 Å². The summed E-state index contributed by atoms with van der Waals surface area (Å²) in [6.07, 6.45) is 0. The number of aromatic amines is 1. The normalized spacial score (nSPS) is 11.2. The van der Waals surface area contributed by atoms with Gasteiger partial charge in [0, 0.05) is 18.2 Å². The second-order valence-electron chi connectivity index (χ2n) is 5.73. The number of fused-ring (bicyclic) bond motifs is 1. The Labute approximate surface area is 138 Å². The number of ether oxygens (including phenoxy) is 2. The summed E-state index contributed by atoms with van der Waals surface area (Å²) in [5.41, 5.74) is 1.45. The van der Waals surface area contributed by atoms with E-state index in [1.165, 1.54) is 12.1 Å². The molecule has 0 atom stereocenters. The number of aromatic nitrogens is 2. The largest absolute Gasteiger partial charge is 0.490 e. The van der Waals surface area contributed by atoms with E-state index in [9.17, 15) is 9.18 Å². The fourth-order valence-corrected chi connectivity index (χ4v) is 2.58. The number of benzene rings is 2. The Morgan fingerprint density at radius 3 is 2.46 bits per heavy atom. The van der Waals surface area contributed by atoms with Crippen LogP contribution in [0.5, 0.6) is 11.5 Å². The lowest BCUT2D eigenvalue weighted by Gasteiger charge is -2.10. The molecule has 2 aromatic carbocycles. The van der Waals surface area contributed by atoms with Crippen LogP contribution in [0.25, 0.3) is 11.0 Å². The first kappa shape index (κ1) is 16.1. The highest BCUT2D eigenvalue weighted by molar-refractivity contribution is 5.77. The van der Waals surface area contributed by atoms with Gasteiger partial charge in [-0.1, -0.05) is 6.07 Å². The maximum absolute atomic E-state index is 13.1. The van der Waals surface area contributed by atoms with Crippen LogP contribution in [0.3, 0.4) is 0 Å². The lowest BCUT2D eigenvalue weighted by molar-refractivity contribution is 0.216. The van der Waals surface area contributed by atoms with Gasteiger partial charge in [-0.2, -0.15) is 0 Å². The average Bonchev–Trinajstić information content (AvgIpc) is 2.87. The molecule has 126 valence electrons. The maximum atomic E-state index is 13.1. The van der Waals surface area contributed by atoms with Crippen LogP contribution in [-0.2, 0) is 0 Å². The molecule has 0 bridgehead atoms. The molecule has 3 rings (SSSR count). The maximum Gasteiger partial charge on any atom is 0.326 e. The zero-order chi connectivity index (χ0) is 17.1. The van der Waals surface area contributed by atoms with Crippen LogP contribution >= 0.6 is 0 Å². The van der Waals surface area contributed by atoms with E-state index < -0.39 is 0 Å². The summed E-state index contributed by atoms with van der Waals surface area (Å²) >= 11 is 0. The van der Waals surface area contributed by atoms with E-state index in [0.29, 0.717) is 24.7 Å². The van der Waals surface area contributed by atoms with Gasteiger partial charge in [0.2, 0.25) is 0 Å². The molecular weight excluding hydrogens is 311 g/mol. The highest BCUT2D eigenvalue weighted by Gasteiger charge is 2.10. The van der Waals surface area contributed by atoms with Crippen molar-refractivity contribution in [2.75, 3.05) is 13.2 Å². The van der Waals surface area contributed by atoms with Gasteiger partial charge in [0.15, 0.2) is 0 Å². The predicted molar refractivity (Wildman–Crippen MR) is 90.3 cm³/mol. The number of imidazole rings is 1. The zero-order valence-corrected chi connectivity index (χ0v) is 13.6. The highest BCUT2D eigenvalue weighted by atomic mass is 19.1. The molecule has 6 heteroatoms. The van der Waals surface area contributed by atoms with Crippen molar-refractivity contribution in [3.8, 4) is 11.5 Å². The SMILES string of the molecule is CC(C)n1c(=O)[nH]c2ccc(OCCOc3cccc(F)c3)cc21. The van der Waals surface area contributed by atoms with Gasteiger partial charge in [0.05, 0.1) is 11.0 Å². The molecule has 0 fully saturated rings. The Hall–Kier alpha value is -2.76. The first-order chi connectivity index (χ1) is 11.5. The van der Waals surface area contributed by atoms with E-state index in [4.69, 9.17) is 9.47 Å². The molecule has 1 heterocycles. The number of nitrogens with zero attached hydrogens (tertiary/aromatic N) is 1. The minimum atomic E-state index is -0.335. The second kappa shape index (κ2) is 6.78. The van der Waals surface area contributed by atoms with Crippen molar-refractivity contribution in [1.29, 1.82) is 0 Å². The summed E-state index contributed by atoms with van der Waals surface area (Å²) in [5.74, 6) is 0.782. The van der Waals surface area contributed by atoms with Crippen LogP contribution in [0.4, 0.5) is 4.39 Å². The predicted octanol–water partition coefficient (Wildman–Crippen LogP) is 3.51. The number of hydrogen-bond donors (Lipinski definition) is 1. The van der Waals surface area contributed by atoms with Crippen molar-refractivity contribution >= 4 is 11.0 Å². The molecule has 3 aromatic rings. The quantitative estimate of drug-likeness (QED) is 0.704. The van der Waals surface area contributed by atoms with Gasteiger partial charge < -0.3 is 14.5 Å². The van der Waals surface area contributed by atoms with Gasteiger partial charge in [0.25, 0.3) is 0 Å². The molecule has 0 radical (unpaired) electrons. The van der Waals surface area contributed by atoms with E-state index in [1.54, 1.807) is 22.8 Å². The number of H-pyrrole nitrogens is 1.